The summed E-state index contributed by atoms with van der Waals surface area (Å²) >= 11 is 0. The van der Waals surface area contributed by atoms with Gasteiger partial charge in [-0.1, -0.05) is 6.07 Å². The van der Waals surface area contributed by atoms with Gasteiger partial charge in [0.25, 0.3) is 0 Å². The lowest BCUT2D eigenvalue weighted by Crippen LogP contribution is -2.23. The highest BCUT2D eigenvalue weighted by Crippen LogP contribution is 2.32. The SMILES string of the molecule is CCOc1ccc(-c2cnc(CCC(=O)NCc3ccc4c(c3)OCO4)o2)cc1. The first-order valence-electron chi connectivity index (χ1n) is 9.54. The van der Waals surface area contributed by atoms with Crippen molar-refractivity contribution in [2.75, 3.05) is 13.4 Å². The molecule has 0 spiro atoms. The molecule has 0 fully saturated rings. The summed E-state index contributed by atoms with van der Waals surface area (Å²) in [6.07, 6.45) is 2.41. The smallest absolute Gasteiger partial charge is 0.231 e. The van der Waals surface area contributed by atoms with Gasteiger partial charge in [0, 0.05) is 24.9 Å². The van der Waals surface area contributed by atoms with Crippen LogP contribution in [-0.2, 0) is 17.8 Å². The molecule has 29 heavy (non-hydrogen) atoms. The highest BCUT2D eigenvalue weighted by atomic mass is 16.7. The fourth-order valence-electron chi connectivity index (χ4n) is 3.00. The number of hydrogen-bond donors (Lipinski definition) is 1. The summed E-state index contributed by atoms with van der Waals surface area (Å²) in [6.45, 7) is 3.24. The summed E-state index contributed by atoms with van der Waals surface area (Å²) in [5.74, 6) is 3.39. The zero-order chi connectivity index (χ0) is 20.1. The Balaban J connectivity index is 1.26. The molecule has 7 nitrogen and oxygen atoms in total. The van der Waals surface area contributed by atoms with E-state index in [4.69, 9.17) is 18.6 Å². The van der Waals surface area contributed by atoms with Crippen LogP contribution in [0.5, 0.6) is 17.2 Å². The average Bonchev–Trinajstić information content (AvgIpc) is 3.40. The minimum atomic E-state index is -0.0662. The van der Waals surface area contributed by atoms with Crippen LogP contribution in [0, 0.1) is 0 Å². The van der Waals surface area contributed by atoms with Crippen LogP contribution in [0.3, 0.4) is 0 Å². The third-order valence-corrected chi connectivity index (χ3v) is 4.50. The molecule has 1 aromatic heterocycles. The molecule has 1 amide bonds. The number of aryl methyl sites for hydroxylation is 1. The first kappa shape index (κ1) is 18.9. The highest BCUT2D eigenvalue weighted by Gasteiger charge is 2.14. The Morgan fingerprint density at radius 1 is 1.14 bits per heavy atom. The van der Waals surface area contributed by atoms with Crippen molar-refractivity contribution in [3.05, 3.63) is 60.1 Å². The molecular weight excluding hydrogens is 372 g/mol. The van der Waals surface area contributed by atoms with Crippen molar-refractivity contribution in [3.8, 4) is 28.6 Å². The molecule has 0 saturated carbocycles. The van der Waals surface area contributed by atoms with Crippen molar-refractivity contribution < 1.29 is 23.4 Å². The van der Waals surface area contributed by atoms with Crippen LogP contribution in [0.25, 0.3) is 11.3 Å². The van der Waals surface area contributed by atoms with Gasteiger partial charge in [-0.05, 0) is 48.9 Å². The molecule has 3 aromatic rings. The molecule has 1 aliphatic heterocycles. The van der Waals surface area contributed by atoms with E-state index in [1.54, 1.807) is 6.20 Å². The maximum atomic E-state index is 12.1. The van der Waals surface area contributed by atoms with Crippen molar-refractivity contribution in [2.45, 2.75) is 26.3 Å². The van der Waals surface area contributed by atoms with Gasteiger partial charge in [0.15, 0.2) is 23.1 Å². The number of carbonyl (C=O) groups is 1. The first-order chi connectivity index (χ1) is 14.2. The molecule has 4 rings (SSSR count). The number of oxazole rings is 1. The Kier molecular flexibility index (Phi) is 5.65. The number of aromatic nitrogens is 1. The van der Waals surface area contributed by atoms with Gasteiger partial charge in [-0.2, -0.15) is 0 Å². The fraction of sp³-hybridized carbons (Fsp3) is 0.273. The van der Waals surface area contributed by atoms with Gasteiger partial charge in [0.1, 0.15) is 5.75 Å². The number of benzene rings is 2. The van der Waals surface area contributed by atoms with Crippen LogP contribution in [0.2, 0.25) is 0 Å². The molecule has 0 unspecified atom stereocenters. The number of rotatable bonds is 8. The van der Waals surface area contributed by atoms with E-state index in [1.165, 1.54) is 0 Å². The monoisotopic (exact) mass is 394 g/mol. The molecule has 7 heteroatoms. The second-order valence-corrected chi connectivity index (χ2v) is 6.54. The predicted octanol–water partition coefficient (Wildman–Crippen LogP) is 3.72. The molecule has 0 radical (unpaired) electrons. The van der Waals surface area contributed by atoms with Gasteiger partial charge in [0.05, 0.1) is 12.8 Å². The molecule has 2 heterocycles. The van der Waals surface area contributed by atoms with Crippen LogP contribution in [-0.4, -0.2) is 24.3 Å². The molecule has 1 N–H and O–H groups in total. The first-order valence-corrected chi connectivity index (χ1v) is 9.54. The van der Waals surface area contributed by atoms with Crippen LogP contribution in [0.4, 0.5) is 0 Å². The Hall–Kier alpha value is -3.48. The minimum Gasteiger partial charge on any atom is -0.494 e. The number of ether oxygens (including phenoxy) is 3. The van der Waals surface area contributed by atoms with Crippen LogP contribution >= 0.6 is 0 Å². The summed E-state index contributed by atoms with van der Waals surface area (Å²) in [7, 11) is 0. The highest BCUT2D eigenvalue weighted by molar-refractivity contribution is 5.76. The molecule has 150 valence electrons. The van der Waals surface area contributed by atoms with Gasteiger partial charge in [-0.25, -0.2) is 4.98 Å². The van der Waals surface area contributed by atoms with E-state index in [1.807, 2.05) is 49.4 Å². The zero-order valence-electron chi connectivity index (χ0n) is 16.1. The van der Waals surface area contributed by atoms with Crippen LogP contribution in [0.15, 0.2) is 53.1 Å². The molecule has 1 aliphatic rings. The minimum absolute atomic E-state index is 0.0662. The predicted molar refractivity (Wildman–Crippen MR) is 106 cm³/mol. The lowest BCUT2D eigenvalue weighted by atomic mass is 10.2. The largest absolute Gasteiger partial charge is 0.494 e. The van der Waals surface area contributed by atoms with Crippen molar-refractivity contribution in [1.82, 2.24) is 10.3 Å². The van der Waals surface area contributed by atoms with Crippen molar-refractivity contribution in [3.63, 3.8) is 0 Å². The van der Waals surface area contributed by atoms with E-state index in [0.29, 0.717) is 43.4 Å². The van der Waals surface area contributed by atoms with Gasteiger partial charge in [-0.3, -0.25) is 4.79 Å². The average molecular weight is 394 g/mol. The number of amides is 1. The van der Waals surface area contributed by atoms with Crippen molar-refractivity contribution >= 4 is 5.91 Å². The summed E-state index contributed by atoms with van der Waals surface area (Å²) in [5, 5.41) is 2.90. The Morgan fingerprint density at radius 3 is 2.79 bits per heavy atom. The zero-order valence-corrected chi connectivity index (χ0v) is 16.1. The maximum absolute atomic E-state index is 12.1. The van der Waals surface area contributed by atoms with Crippen LogP contribution in [0.1, 0.15) is 24.8 Å². The lowest BCUT2D eigenvalue weighted by molar-refractivity contribution is -0.121. The quantitative estimate of drug-likeness (QED) is 0.627. The van der Waals surface area contributed by atoms with Gasteiger partial charge in [-0.15, -0.1) is 0 Å². The van der Waals surface area contributed by atoms with Gasteiger partial charge < -0.3 is 23.9 Å². The fourth-order valence-corrected chi connectivity index (χ4v) is 3.00. The topological polar surface area (TPSA) is 82.8 Å². The van der Waals surface area contributed by atoms with E-state index in [9.17, 15) is 4.79 Å². The number of nitrogens with zero attached hydrogens (tertiary/aromatic N) is 1. The second kappa shape index (κ2) is 8.68. The van der Waals surface area contributed by atoms with E-state index < -0.39 is 0 Å². The Labute approximate surface area is 168 Å². The normalized spacial score (nSPS) is 12.0. The molecule has 2 aromatic carbocycles. The number of hydrogen-bond acceptors (Lipinski definition) is 6. The third-order valence-electron chi connectivity index (χ3n) is 4.50. The maximum Gasteiger partial charge on any atom is 0.231 e. The number of carbonyl (C=O) groups excluding carboxylic acids is 1. The summed E-state index contributed by atoms with van der Waals surface area (Å²) in [6, 6.07) is 13.3. The summed E-state index contributed by atoms with van der Waals surface area (Å²) in [4.78, 5) is 16.4. The Bertz CT molecular complexity index is 981. The van der Waals surface area contributed by atoms with E-state index in [0.717, 1.165) is 22.6 Å². The van der Waals surface area contributed by atoms with E-state index >= 15 is 0 Å². The second-order valence-electron chi connectivity index (χ2n) is 6.54. The van der Waals surface area contributed by atoms with Gasteiger partial charge in [0.2, 0.25) is 12.7 Å². The standard InChI is InChI=1S/C22H22N2O5/c1-2-26-17-6-4-16(5-7-17)20-13-24-22(29-20)10-9-21(25)23-12-15-3-8-18-19(11-15)28-14-27-18/h3-8,11,13H,2,9-10,12,14H2,1H3,(H,23,25). The molecule has 0 aliphatic carbocycles. The number of nitrogens with one attached hydrogen (secondary N) is 1. The Morgan fingerprint density at radius 2 is 1.97 bits per heavy atom. The lowest BCUT2D eigenvalue weighted by Gasteiger charge is -2.05. The van der Waals surface area contributed by atoms with E-state index in [-0.39, 0.29) is 12.7 Å². The summed E-state index contributed by atoms with van der Waals surface area (Å²) in [5.41, 5.74) is 1.87. The number of fused-ring (bicyclic) bond motifs is 1. The molecular formula is C22H22N2O5. The van der Waals surface area contributed by atoms with E-state index in [2.05, 4.69) is 10.3 Å². The molecule has 0 atom stereocenters. The molecule has 0 bridgehead atoms. The van der Waals surface area contributed by atoms with Gasteiger partial charge >= 0.3 is 0 Å². The summed E-state index contributed by atoms with van der Waals surface area (Å²) < 4.78 is 21.8. The van der Waals surface area contributed by atoms with Crippen molar-refractivity contribution in [1.29, 1.82) is 0 Å². The molecule has 0 saturated heterocycles. The van der Waals surface area contributed by atoms with Crippen LogP contribution < -0.4 is 19.5 Å². The van der Waals surface area contributed by atoms with Crippen molar-refractivity contribution in [2.24, 2.45) is 0 Å². The third kappa shape index (κ3) is 4.68.